The molecule has 0 saturated heterocycles. The summed E-state index contributed by atoms with van der Waals surface area (Å²) in [6, 6.07) is 3.66. The predicted octanol–water partition coefficient (Wildman–Crippen LogP) is 3.87. The van der Waals surface area contributed by atoms with Crippen molar-refractivity contribution in [1.29, 1.82) is 0 Å². The molecule has 3 aromatic rings. The van der Waals surface area contributed by atoms with Gasteiger partial charge in [0.25, 0.3) is 0 Å². The van der Waals surface area contributed by atoms with Crippen molar-refractivity contribution in [3.63, 3.8) is 0 Å². The second-order valence-corrected chi connectivity index (χ2v) is 6.23. The van der Waals surface area contributed by atoms with Crippen LogP contribution in [0.15, 0.2) is 36.0 Å². The lowest BCUT2D eigenvalue weighted by Crippen LogP contribution is -1.98. The van der Waals surface area contributed by atoms with Gasteiger partial charge >= 0.3 is 0 Å². The number of nitrogens with zero attached hydrogens (tertiary/aromatic N) is 4. The summed E-state index contributed by atoms with van der Waals surface area (Å²) in [6.45, 7) is 0.898. The van der Waals surface area contributed by atoms with Crippen LogP contribution in [0.2, 0.25) is 10.0 Å². The maximum atomic E-state index is 6.05. The van der Waals surface area contributed by atoms with Crippen molar-refractivity contribution in [1.82, 2.24) is 19.1 Å². The predicted molar refractivity (Wildman–Crippen MR) is 83.7 cm³/mol. The summed E-state index contributed by atoms with van der Waals surface area (Å²) in [5.74, 6) is 0.926. The zero-order chi connectivity index (χ0) is 14.1. The van der Waals surface area contributed by atoms with E-state index in [1.807, 2.05) is 34.8 Å². The number of halogens is 2. The van der Waals surface area contributed by atoms with Crippen molar-refractivity contribution < 1.29 is 0 Å². The van der Waals surface area contributed by atoms with Gasteiger partial charge in [0, 0.05) is 31.7 Å². The fourth-order valence-electron chi connectivity index (χ4n) is 1.96. The normalized spacial score (nSPS) is 11.3. The first-order valence-electron chi connectivity index (χ1n) is 6.05. The number of imidazole rings is 2. The second kappa shape index (κ2) is 5.68. The van der Waals surface area contributed by atoms with Crippen molar-refractivity contribution in [2.45, 2.75) is 11.7 Å². The molecule has 2 aromatic heterocycles. The number of hydrogen-bond acceptors (Lipinski definition) is 3. The van der Waals surface area contributed by atoms with Crippen LogP contribution in [0.5, 0.6) is 0 Å². The van der Waals surface area contributed by atoms with Crippen LogP contribution in [0.4, 0.5) is 0 Å². The monoisotopic (exact) mass is 326 g/mol. The highest BCUT2D eigenvalue weighted by Crippen LogP contribution is 2.30. The van der Waals surface area contributed by atoms with Crippen molar-refractivity contribution in [2.75, 3.05) is 5.75 Å². The van der Waals surface area contributed by atoms with Gasteiger partial charge in [0.05, 0.1) is 27.4 Å². The highest BCUT2D eigenvalue weighted by molar-refractivity contribution is 7.99. The van der Waals surface area contributed by atoms with Crippen LogP contribution in [-0.4, -0.2) is 24.9 Å². The summed E-state index contributed by atoms with van der Waals surface area (Å²) in [5, 5.41) is 2.04. The summed E-state index contributed by atoms with van der Waals surface area (Å²) in [7, 11) is 1.99. The van der Waals surface area contributed by atoms with E-state index in [4.69, 9.17) is 23.2 Å². The van der Waals surface area contributed by atoms with Gasteiger partial charge in [0.2, 0.25) is 0 Å². The minimum absolute atomic E-state index is 0.534. The zero-order valence-corrected chi connectivity index (χ0v) is 13.1. The van der Waals surface area contributed by atoms with Gasteiger partial charge in [0.1, 0.15) is 0 Å². The summed E-state index contributed by atoms with van der Waals surface area (Å²) in [5.41, 5.74) is 1.86. The largest absolute Gasteiger partial charge is 0.337 e. The Labute approximate surface area is 130 Å². The lowest BCUT2D eigenvalue weighted by atomic mass is 10.3. The molecule has 0 amide bonds. The number of hydrogen-bond donors (Lipinski definition) is 0. The van der Waals surface area contributed by atoms with E-state index in [2.05, 4.69) is 9.97 Å². The van der Waals surface area contributed by atoms with Crippen LogP contribution in [0.1, 0.15) is 0 Å². The van der Waals surface area contributed by atoms with Gasteiger partial charge in [-0.25, -0.2) is 9.97 Å². The van der Waals surface area contributed by atoms with E-state index in [0.29, 0.717) is 10.0 Å². The molecule has 0 N–H and O–H groups in total. The summed E-state index contributed by atoms with van der Waals surface area (Å²) in [4.78, 5) is 8.61. The number of aryl methyl sites for hydroxylation is 2. The fourth-order valence-corrected chi connectivity index (χ4v) is 3.21. The number of rotatable bonds is 4. The molecule has 104 valence electrons. The van der Waals surface area contributed by atoms with Crippen LogP contribution in [0.25, 0.3) is 11.0 Å². The summed E-state index contributed by atoms with van der Waals surface area (Å²) in [6.07, 6.45) is 5.55. The Morgan fingerprint density at radius 3 is 2.80 bits per heavy atom. The molecular weight excluding hydrogens is 315 g/mol. The third-order valence-corrected chi connectivity index (χ3v) is 4.75. The molecule has 0 aliphatic heterocycles. The van der Waals surface area contributed by atoms with Crippen molar-refractivity contribution in [3.8, 4) is 0 Å². The smallest absolute Gasteiger partial charge is 0.168 e. The number of thioether (sulfide) groups is 1. The van der Waals surface area contributed by atoms with E-state index in [1.54, 1.807) is 24.0 Å². The van der Waals surface area contributed by atoms with Crippen LogP contribution >= 0.6 is 35.0 Å². The Hall–Kier alpha value is -1.17. The van der Waals surface area contributed by atoms with Crippen LogP contribution in [0.3, 0.4) is 0 Å². The van der Waals surface area contributed by atoms with Gasteiger partial charge in [-0.3, -0.25) is 0 Å². The molecule has 0 saturated carbocycles. The molecule has 0 bridgehead atoms. The molecule has 0 aliphatic carbocycles. The first-order chi connectivity index (χ1) is 9.65. The lowest BCUT2D eigenvalue weighted by molar-refractivity contribution is 0.763. The minimum Gasteiger partial charge on any atom is -0.337 e. The number of benzene rings is 1. The molecule has 1 aromatic carbocycles. The molecule has 0 unspecified atom stereocenters. The van der Waals surface area contributed by atoms with E-state index in [9.17, 15) is 0 Å². The van der Waals surface area contributed by atoms with Gasteiger partial charge in [-0.1, -0.05) is 35.0 Å². The summed E-state index contributed by atoms with van der Waals surface area (Å²) >= 11 is 13.8. The highest BCUT2D eigenvalue weighted by Gasteiger charge is 2.10. The quantitative estimate of drug-likeness (QED) is 0.683. The van der Waals surface area contributed by atoms with Crippen LogP contribution in [-0.2, 0) is 13.6 Å². The van der Waals surface area contributed by atoms with E-state index in [0.717, 1.165) is 28.5 Å². The van der Waals surface area contributed by atoms with Crippen molar-refractivity contribution >= 4 is 46.0 Å². The minimum atomic E-state index is 0.534. The highest BCUT2D eigenvalue weighted by atomic mass is 35.5. The molecule has 0 fully saturated rings. The van der Waals surface area contributed by atoms with Crippen molar-refractivity contribution in [3.05, 3.63) is 40.9 Å². The second-order valence-electron chi connectivity index (χ2n) is 4.36. The van der Waals surface area contributed by atoms with E-state index in [1.165, 1.54) is 0 Å². The van der Waals surface area contributed by atoms with E-state index < -0.39 is 0 Å². The van der Waals surface area contributed by atoms with E-state index >= 15 is 0 Å². The average Bonchev–Trinajstić information content (AvgIpc) is 3.02. The molecule has 3 rings (SSSR count). The SMILES string of the molecule is Cn1c(SCCn2ccnc2)nc2cc(Cl)c(Cl)cc21. The lowest BCUT2D eigenvalue weighted by Gasteiger charge is -2.03. The maximum Gasteiger partial charge on any atom is 0.168 e. The Kier molecular flexibility index (Phi) is 3.92. The zero-order valence-electron chi connectivity index (χ0n) is 10.8. The Morgan fingerprint density at radius 1 is 1.25 bits per heavy atom. The first kappa shape index (κ1) is 13.8. The summed E-state index contributed by atoms with van der Waals surface area (Å²) < 4.78 is 4.08. The molecule has 7 heteroatoms. The molecule has 4 nitrogen and oxygen atoms in total. The fraction of sp³-hybridized carbons (Fsp3) is 0.231. The third kappa shape index (κ3) is 2.66. The average molecular weight is 327 g/mol. The Balaban J connectivity index is 1.79. The van der Waals surface area contributed by atoms with Gasteiger partial charge in [-0.05, 0) is 12.1 Å². The standard InChI is InChI=1S/C13H12Cl2N4S/c1-18-12-7-10(15)9(14)6-11(12)17-13(18)20-5-4-19-3-2-16-8-19/h2-3,6-8H,4-5H2,1H3. The molecule has 0 spiro atoms. The third-order valence-electron chi connectivity index (χ3n) is 3.02. The van der Waals surface area contributed by atoms with Gasteiger partial charge < -0.3 is 9.13 Å². The van der Waals surface area contributed by atoms with Crippen LogP contribution in [0, 0.1) is 0 Å². The van der Waals surface area contributed by atoms with Crippen molar-refractivity contribution in [2.24, 2.45) is 7.05 Å². The van der Waals surface area contributed by atoms with Gasteiger partial charge in [-0.2, -0.15) is 0 Å². The van der Waals surface area contributed by atoms with Gasteiger partial charge in [0.15, 0.2) is 5.16 Å². The van der Waals surface area contributed by atoms with Gasteiger partial charge in [-0.15, -0.1) is 0 Å². The Morgan fingerprint density at radius 2 is 2.05 bits per heavy atom. The molecular formula is C13H12Cl2N4S. The van der Waals surface area contributed by atoms with E-state index in [-0.39, 0.29) is 0 Å². The molecule has 0 aliphatic rings. The number of fused-ring (bicyclic) bond motifs is 1. The Bertz CT molecular complexity index is 736. The number of aromatic nitrogens is 4. The topological polar surface area (TPSA) is 35.6 Å². The molecule has 2 heterocycles. The first-order valence-corrected chi connectivity index (χ1v) is 7.79. The van der Waals surface area contributed by atoms with Crippen LogP contribution < -0.4 is 0 Å². The molecule has 0 atom stereocenters. The molecule has 20 heavy (non-hydrogen) atoms. The maximum absolute atomic E-state index is 6.05. The molecule has 0 radical (unpaired) electrons.